The van der Waals surface area contributed by atoms with Crippen LogP contribution in [0.4, 0.5) is 17.1 Å². The molecule has 0 saturated carbocycles. The van der Waals surface area contributed by atoms with Crippen molar-refractivity contribution in [1.82, 2.24) is 4.57 Å². The molecule has 3 heteroatoms. The van der Waals surface area contributed by atoms with Crippen LogP contribution in [0.1, 0.15) is 0 Å². The zero-order valence-corrected chi connectivity index (χ0v) is 23.3. The Labute approximate surface area is 249 Å². The summed E-state index contributed by atoms with van der Waals surface area (Å²) >= 11 is 0. The molecule has 0 amide bonds. The van der Waals surface area contributed by atoms with Gasteiger partial charge in [0.1, 0.15) is 0 Å². The maximum atomic E-state index is 6.48. The predicted octanol–water partition coefficient (Wildman–Crippen LogP) is 11.2. The van der Waals surface area contributed by atoms with Crippen LogP contribution in [0.2, 0.25) is 0 Å². The second-order valence-corrected chi connectivity index (χ2v) is 11.0. The molecule has 1 aliphatic rings. The van der Waals surface area contributed by atoms with Gasteiger partial charge in [-0.25, -0.2) is 0 Å². The van der Waals surface area contributed by atoms with Crippen LogP contribution in [-0.2, 0) is 0 Å². The lowest BCUT2D eigenvalue weighted by Gasteiger charge is -2.27. The minimum Gasteiger partial charge on any atom is -0.453 e. The van der Waals surface area contributed by atoms with Gasteiger partial charge in [0.15, 0.2) is 11.5 Å². The first-order chi connectivity index (χ1) is 21.3. The van der Waals surface area contributed by atoms with Gasteiger partial charge in [-0.2, -0.15) is 0 Å². The van der Waals surface area contributed by atoms with E-state index in [9.17, 15) is 0 Å². The highest BCUT2D eigenvalue weighted by Gasteiger charge is 2.24. The van der Waals surface area contributed by atoms with Crippen LogP contribution >= 0.6 is 0 Å². The summed E-state index contributed by atoms with van der Waals surface area (Å²) in [6.45, 7) is 0. The average molecular weight is 551 g/mol. The molecule has 0 N–H and O–H groups in total. The van der Waals surface area contributed by atoms with E-state index in [2.05, 4.69) is 167 Å². The van der Waals surface area contributed by atoms with Crippen LogP contribution in [0.15, 0.2) is 158 Å². The molecule has 1 aromatic heterocycles. The first kappa shape index (κ1) is 23.9. The van der Waals surface area contributed by atoms with Crippen molar-refractivity contribution in [3.05, 3.63) is 158 Å². The summed E-state index contributed by atoms with van der Waals surface area (Å²) in [5.74, 6) is 1.76. The molecule has 9 rings (SSSR count). The van der Waals surface area contributed by atoms with Gasteiger partial charge in [-0.05, 0) is 71.1 Å². The van der Waals surface area contributed by atoms with E-state index in [0.717, 1.165) is 45.3 Å². The van der Waals surface area contributed by atoms with Gasteiger partial charge < -0.3 is 14.2 Å². The largest absolute Gasteiger partial charge is 0.453 e. The van der Waals surface area contributed by atoms with Crippen molar-refractivity contribution < 1.29 is 4.74 Å². The third-order valence-corrected chi connectivity index (χ3v) is 8.56. The maximum Gasteiger partial charge on any atom is 0.152 e. The standard InChI is InChI=1S/C40H26N2O/c1-3-12-28(13-4-1)41(29-14-5-2-6-15-29)36-24-23-30(31-16-7-8-17-32(31)36)27-22-25-38-37(26-27)42-35-20-10-9-18-33(35)34-19-11-21-39(43-38)40(34)42/h1-26H. The van der Waals surface area contributed by atoms with E-state index in [1.54, 1.807) is 0 Å². The average Bonchev–Trinajstić information content (AvgIpc) is 3.42. The Morgan fingerprint density at radius 3 is 1.88 bits per heavy atom. The smallest absolute Gasteiger partial charge is 0.152 e. The quantitative estimate of drug-likeness (QED) is 0.217. The number of fused-ring (bicyclic) bond motifs is 6. The van der Waals surface area contributed by atoms with Gasteiger partial charge in [-0.15, -0.1) is 0 Å². The molecule has 202 valence electrons. The molecule has 1 aliphatic heterocycles. The van der Waals surface area contributed by atoms with Gasteiger partial charge in [-0.3, -0.25) is 0 Å². The van der Waals surface area contributed by atoms with Crippen molar-refractivity contribution in [2.75, 3.05) is 4.90 Å². The normalized spacial score (nSPS) is 11.9. The Kier molecular flexibility index (Phi) is 5.20. The van der Waals surface area contributed by atoms with E-state index < -0.39 is 0 Å². The molecule has 0 spiro atoms. The summed E-state index contributed by atoms with van der Waals surface area (Å²) in [5, 5.41) is 4.84. The number of aromatic nitrogens is 1. The summed E-state index contributed by atoms with van der Waals surface area (Å²) < 4.78 is 8.84. The number of nitrogens with zero attached hydrogens (tertiary/aromatic N) is 2. The highest BCUT2D eigenvalue weighted by molar-refractivity contribution is 6.12. The van der Waals surface area contributed by atoms with Crippen molar-refractivity contribution >= 4 is 49.6 Å². The Morgan fingerprint density at radius 2 is 1.12 bits per heavy atom. The first-order valence-electron chi connectivity index (χ1n) is 14.6. The SMILES string of the molecule is c1ccc(N(c2ccccc2)c2ccc(-c3ccc4c(c3)-n3c5ccccc5c5cccc(c53)O4)c3ccccc23)cc1. The van der Waals surface area contributed by atoms with Gasteiger partial charge >= 0.3 is 0 Å². The number of benzene rings is 7. The van der Waals surface area contributed by atoms with Crippen LogP contribution in [0, 0.1) is 0 Å². The van der Waals surface area contributed by atoms with Crippen LogP contribution in [0.5, 0.6) is 11.5 Å². The van der Waals surface area contributed by atoms with E-state index >= 15 is 0 Å². The van der Waals surface area contributed by atoms with Gasteiger partial charge in [0.05, 0.1) is 22.4 Å². The molecule has 3 nitrogen and oxygen atoms in total. The lowest BCUT2D eigenvalue weighted by Crippen LogP contribution is -2.10. The Hall–Kier alpha value is -5.80. The van der Waals surface area contributed by atoms with Crippen LogP contribution < -0.4 is 9.64 Å². The monoisotopic (exact) mass is 550 g/mol. The number of ether oxygens (including phenoxy) is 1. The van der Waals surface area contributed by atoms with Gasteiger partial charge in [0.25, 0.3) is 0 Å². The Bertz CT molecular complexity index is 2280. The fourth-order valence-corrected chi connectivity index (χ4v) is 6.70. The van der Waals surface area contributed by atoms with E-state index in [4.69, 9.17) is 4.74 Å². The second-order valence-electron chi connectivity index (χ2n) is 11.0. The summed E-state index contributed by atoms with van der Waals surface area (Å²) in [6, 6.07) is 55.9. The van der Waals surface area contributed by atoms with Gasteiger partial charge in [-0.1, -0.05) is 103 Å². The van der Waals surface area contributed by atoms with Gasteiger partial charge in [0, 0.05) is 27.5 Å². The fourth-order valence-electron chi connectivity index (χ4n) is 6.70. The molecule has 0 atom stereocenters. The third kappa shape index (κ3) is 3.62. The molecule has 0 radical (unpaired) electrons. The molecule has 0 aliphatic carbocycles. The van der Waals surface area contributed by atoms with Crippen molar-refractivity contribution in [2.45, 2.75) is 0 Å². The molecule has 43 heavy (non-hydrogen) atoms. The van der Waals surface area contributed by atoms with Crippen molar-refractivity contribution in [2.24, 2.45) is 0 Å². The molecule has 0 bridgehead atoms. The number of rotatable bonds is 4. The van der Waals surface area contributed by atoms with E-state index in [-0.39, 0.29) is 0 Å². The molecular weight excluding hydrogens is 524 g/mol. The van der Waals surface area contributed by atoms with Crippen molar-refractivity contribution in [3.63, 3.8) is 0 Å². The molecule has 0 fully saturated rings. The first-order valence-corrected chi connectivity index (χ1v) is 14.6. The van der Waals surface area contributed by atoms with E-state index in [1.807, 2.05) is 0 Å². The molecule has 7 aromatic carbocycles. The molecule has 0 unspecified atom stereocenters. The van der Waals surface area contributed by atoms with Crippen LogP contribution in [0.25, 0.3) is 49.4 Å². The van der Waals surface area contributed by atoms with E-state index in [0.29, 0.717) is 0 Å². The van der Waals surface area contributed by atoms with E-state index in [1.165, 1.54) is 32.6 Å². The molecule has 0 saturated heterocycles. The summed E-state index contributed by atoms with van der Waals surface area (Å²) in [4.78, 5) is 2.34. The number of hydrogen-bond acceptors (Lipinski definition) is 2. The molecular formula is C40H26N2O. The third-order valence-electron chi connectivity index (χ3n) is 8.56. The van der Waals surface area contributed by atoms with Crippen molar-refractivity contribution in [3.8, 4) is 28.3 Å². The number of hydrogen-bond donors (Lipinski definition) is 0. The fraction of sp³-hybridized carbons (Fsp3) is 0. The highest BCUT2D eigenvalue weighted by Crippen LogP contribution is 2.47. The topological polar surface area (TPSA) is 17.4 Å². The maximum absolute atomic E-state index is 6.48. The minimum atomic E-state index is 0.866. The van der Waals surface area contributed by atoms with Crippen LogP contribution in [0.3, 0.4) is 0 Å². The molecule has 8 aromatic rings. The summed E-state index contributed by atoms with van der Waals surface area (Å²) in [7, 11) is 0. The number of anilines is 3. The lowest BCUT2D eigenvalue weighted by atomic mass is 9.95. The van der Waals surface area contributed by atoms with Gasteiger partial charge in [0.2, 0.25) is 0 Å². The second kappa shape index (κ2) is 9.37. The summed E-state index contributed by atoms with van der Waals surface area (Å²) in [6.07, 6.45) is 0. The zero-order chi connectivity index (χ0) is 28.3. The predicted molar refractivity (Wildman–Crippen MR) is 178 cm³/mol. The minimum absolute atomic E-state index is 0.866. The lowest BCUT2D eigenvalue weighted by molar-refractivity contribution is 0.476. The van der Waals surface area contributed by atoms with Crippen LogP contribution in [-0.4, -0.2) is 4.57 Å². The Morgan fingerprint density at radius 1 is 0.465 bits per heavy atom. The van der Waals surface area contributed by atoms with Crippen molar-refractivity contribution in [1.29, 1.82) is 0 Å². The molecule has 2 heterocycles. The Balaban J connectivity index is 1.26. The summed E-state index contributed by atoms with van der Waals surface area (Å²) in [5.41, 5.74) is 9.11. The number of para-hydroxylation sites is 4. The zero-order valence-electron chi connectivity index (χ0n) is 23.3. The highest BCUT2D eigenvalue weighted by atomic mass is 16.5.